The Morgan fingerprint density at radius 2 is 2.12 bits per heavy atom. The molecule has 1 fully saturated rings. The van der Waals surface area contributed by atoms with Gasteiger partial charge in [0.1, 0.15) is 5.15 Å². The number of nitrogens with zero attached hydrogens (tertiary/aromatic N) is 1. The van der Waals surface area contributed by atoms with Gasteiger partial charge in [-0.2, -0.15) is 0 Å². The van der Waals surface area contributed by atoms with Gasteiger partial charge in [0.05, 0.1) is 0 Å². The van der Waals surface area contributed by atoms with Crippen LogP contribution in [-0.2, 0) is 0 Å². The quantitative estimate of drug-likeness (QED) is 0.495. The number of hydrogen-bond donors (Lipinski definition) is 2. The third-order valence-corrected chi connectivity index (χ3v) is 4.03. The molecule has 3 nitrogen and oxygen atoms in total. The van der Waals surface area contributed by atoms with Crippen molar-refractivity contribution >= 4 is 11.6 Å². The predicted octanol–water partition coefficient (Wildman–Crippen LogP) is 3.07. The fourth-order valence-electron chi connectivity index (χ4n) is 2.73. The van der Waals surface area contributed by atoms with Crippen molar-refractivity contribution in [3.05, 3.63) is 29.0 Å². The number of nitrogens with one attached hydrogen (secondary N) is 1. The van der Waals surface area contributed by atoms with Crippen LogP contribution in [-0.4, -0.2) is 4.98 Å². The van der Waals surface area contributed by atoms with Gasteiger partial charge in [0, 0.05) is 12.2 Å². The molecule has 1 unspecified atom stereocenters. The van der Waals surface area contributed by atoms with E-state index in [1.54, 1.807) is 6.20 Å². The van der Waals surface area contributed by atoms with E-state index < -0.39 is 0 Å². The van der Waals surface area contributed by atoms with Gasteiger partial charge in [0.15, 0.2) is 0 Å². The van der Waals surface area contributed by atoms with Crippen LogP contribution in [0.4, 0.5) is 0 Å². The molecule has 0 aliphatic heterocycles. The Balaban J connectivity index is 2.10. The van der Waals surface area contributed by atoms with Crippen molar-refractivity contribution in [2.75, 3.05) is 0 Å². The van der Waals surface area contributed by atoms with Crippen molar-refractivity contribution < 1.29 is 0 Å². The zero-order valence-corrected chi connectivity index (χ0v) is 11.0. The van der Waals surface area contributed by atoms with Crippen LogP contribution in [0.15, 0.2) is 18.3 Å². The van der Waals surface area contributed by atoms with E-state index in [1.807, 2.05) is 12.1 Å². The number of nitrogens with two attached hydrogens (primary N) is 1. The SMILES string of the molecule is CC1CCC(C(NN)c2ccnc(Cl)c2)CC1. The Kier molecular flexibility index (Phi) is 4.37. The number of hydrogen-bond acceptors (Lipinski definition) is 3. The summed E-state index contributed by atoms with van der Waals surface area (Å²) in [6, 6.07) is 4.10. The van der Waals surface area contributed by atoms with Gasteiger partial charge in [0.25, 0.3) is 0 Å². The molecule has 0 bridgehead atoms. The lowest BCUT2D eigenvalue weighted by Gasteiger charge is -2.32. The van der Waals surface area contributed by atoms with E-state index in [-0.39, 0.29) is 6.04 Å². The van der Waals surface area contributed by atoms with Crippen LogP contribution in [0, 0.1) is 11.8 Å². The Morgan fingerprint density at radius 1 is 1.41 bits per heavy atom. The molecular weight excluding hydrogens is 234 g/mol. The number of aromatic nitrogens is 1. The topological polar surface area (TPSA) is 50.9 Å². The number of hydrazine groups is 1. The van der Waals surface area contributed by atoms with Gasteiger partial charge in [-0.05, 0) is 42.4 Å². The van der Waals surface area contributed by atoms with E-state index in [0.717, 1.165) is 11.5 Å². The summed E-state index contributed by atoms with van der Waals surface area (Å²) in [6.45, 7) is 2.32. The lowest BCUT2D eigenvalue weighted by atomic mass is 9.78. The lowest BCUT2D eigenvalue weighted by molar-refractivity contribution is 0.232. The van der Waals surface area contributed by atoms with E-state index in [1.165, 1.54) is 25.7 Å². The van der Waals surface area contributed by atoms with Crippen LogP contribution in [0.3, 0.4) is 0 Å². The molecule has 2 rings (SSSR count). The second-order valence-corrected chi connectivity index (χ2v) is 5.46. The van der Waals surface area contributed by atoms with Crippen LogP contribution >= 0.6 is 11.6 Å². The summed E-state index contributed by atoms with van der Waals surface area (Å²) in [5.74, 6) is 7.17. The van der Waals surface area contributed by atoms with Crippen molar-refractivity contribution in [2.45, 2.75) is 38.6 Å². The van der Waals surface area contributed by atoms with Gasteiger partial charge >= 0.3 is 0 Å². The largest absolute Gasteiger partial charge is 0.271 e. The lowest BCUT2D eigenvalue weighted by Crippen LogP contribution is -2.35. The van der Waals surface area contributed by atoms with Crippen LogP contribution in [0.2, 0.25) is 5.15 Å². The smallest absolute Gasteiger partial charge is 0.129 e. The number of rotatable bonds is 3. The Hall–Kier alpha value is -0.640. The molecule has 0 radical (unpaired) electrons. The highest BCUT2D eigenvalue weighted by Crippen LogP contribution is 2.36. The highest BCUT2D eigenvalue weighted by molar-refractivity contribution is 6.29. The minimum Gasteiger partial charge on any atom is -0.271 e. The fourth-order valence-corrected chi connectivity index (χ4v) is 2.92. The molecule has 4 heteroatoms. The molecule has 1 saturated carbocycles. The first kappa shape index (κ1) is 12.8. The maximum atomic E-state index is 5.93. The molecule has 3 N–H and O–H groups in total. The summed E-state index contributed by atoms with van der Waals surface area (Å²) < 4.78 is 0. The fraction of sp³-hybridized carbons (Fsp3) is 0.615. The zero-order valence-electron chi connectivity index (χ0n) is 10.2. The third-order valence-electron chi connectivity index (χ3n) is 3.82. The maximum absolute atomic E-state index is 5.93. The van der Waals surface area contributed by atoms with Gasteiger partial charge < -0.3 is 0 Å². The number of halogens is 1. The molecule has 0 spiro atoms. The second kappa shape index (κ2) is 5.80. The summed E-state index contributed by atoms with van der Waals surface area (Å²) in [6.07, 6.45) is 6.79. The Morgan fingerprint density at radius 3 is 2.71 bits per heavy atom. The first-order valence-corrected chi connectivity index (χ1v) is 6.66. The Bertz CT molecular complexity index is 361. The van der Waals surface area contributed by atoms with Crippen LogP contribution in [0.1, 0.15) is 44.2 Å². The monoisotopic (exact) mass is 253 g/mol. The van der Waals surface area contributed by atoms with Crippen LogP contribution in [0.5, 0.6) is 0 Å². The molecule has 1 aliphatic rings. The molecule has 0 amide bonds. The first-order chi connectivity index (χ1) is 8.20. The second-order valence-electron chi connectivity index (χ2n) is 5.08. The minimum atomic E-state index is 0.197. The molecule has 1 aromatic rings. The molecular formula is C13H20ClN3. The molecule has 0 aromatic carbocycles. The van der Waals surface area contributed by atoms with Crippen LogP contribution < -0.4 is 11.3 Å². The van der Waals surface area contributed by atoms with Gasteiger partial charge in [0.2, 0.25) is 0 Å². The molecule has 1 heterocycles. The van der Waals surface area contributed by atoms with Gasteiger partial charge in [-0.15, -0.1) is 0 Å². The normalized spacial score (nSPS) is 26.8. The summed E-state index contributed by atoms with van der Waals surface area (Å²) in [4.78, 5) is 4.01. The van der Waals surface area contributed by atoms with E-state index >= 15 is 0 Å². The average molecular weight is 254 g/mol. The minimum absolute atomic E-state index is 0.197. The van der Waals surface area contributed by atoms with Crippen molar-refractivity contribution in [3.63, 3.8) is 0 Å². The maximum Gasteiger partial charge on any atom is 0.129 e. The summed E-state index contributed by atoms with van der Waals surface area (Å²) in [5, 5.41) is 0.534. The summed E-state index contributed by atoms with van der Waals surface area (Å²) in [5.41, 5.74) is 4.09. The van der Waals surface area contributed by atoms with E-state index in [0.29, 0.717) is 11.1 Å². The average Bonchev–Trinajstić information content (AvgIpc) is 2.33. The van der Waals surface area contributed by atoms with Gasteiger partial charge in [-0.1, -0.05) is 31.4 Å². The van der Waals surface area contributed by atoms with E-state index in [4.69, 9.17) is 17.4 Å². The summed E-state index contributed by atoms with van der Waals surface area (Å²) >= 11 is 5.93. The van der Waals surface area contributed by atoms with Crippen molar-refractivity contribution in [2.24, 2.45) is 17.7 Å². The number of pyridine rings is 1. The zero-order chi connectivity index (χ0) is 12.3. The van der Waals surface area contributed by atoms with Gasteiger partial charge in [-0.25, -0.2) is 4.98 Å². The summed E-state index contributed by atoms with van der Waals surface area (Å²) in [7, 11) is 0. The highest BCUT2D eigenvalue weighted by Gasteiger charge is 2.26. The first-order valence-electron chi connectivity index (χ1n) is 6.28. The van der Waals surface area contributed by atoms with Crippen molar-refractivity contribution in [3.8, 4) is 0 Å². The molecule has 94 valence electrons. The molecule has 0 saturated heterocycles. The van der Waals surface area contributed by atoms with Gasteiger partial charge in [-0.3, -0.25) is 11.3 Å². The molecule has 1 atom stereocenters. The van der Waals surface area contributed by atoms with Crippen LogP contribution in [0.25, 0.3) is 0 Å². The van der Waals surface area contributed by atoms with Crippen molar-refractivity contribution in [1.82, 2.24) is 10.4 Å². The molecule has 1 aromatic heterocycles. The highest BCUT2D eigenvalue weighted by atomic mass is 35.5. The standard InChI is InChI=1S/C13H20ClN3/c1-9-2-4-10(5-3-9)13(17-15)11-6-7-16-12(14)8-11/h6-10,13,17H,2-5,15H2,1H3. The van der Waals surface area contributed by atoms with Crippen molar-refractivity contribution in [1.29, 1.82) is 0 Å². The molecule has 17 heavy (non-hydrogen) atoms. The van der Waals surface area contributed by atoms with E-state index in [9.17, 15) is 0 Å². The van der Waals surface area contributed by atoms with E-state index in [2.05, 4.69) is 17.3 Å². The predicted molar refractivity (Wildman–Crippen MR) is 70.4 cm³/mol. The Labute approximate surface area is 108 Å². The third kappa shape index (κ3) is 3.18. The molecule has 1 aliphatic carbocycles.